The largest absolute Gasteiger partial charge is 0.495 e. The number of benzene rings is 3. The van der Waals surface area contributed by atoms with E-state index in [0.717, 1.165) is 11.1 Å². The minimum absolute atomic E-state index is 0.0746. The highest BCUT2D eigenvalue weighted by molar-refractivity contribution is 7.89. The summed E-state index contributed by atoms with van der Waals surface area (Å²) >= 11 is 0. The maximum absolute atomic E-state index is 13.1. The van der Waals surface area contributed by atoms with Gasteiger partial charge in [-0.3, -0.25) is 10.1 Å². The third-order valence-corrected chi connectivity index (χ3v) is 7.46. The lowest BCUT2D eigenvalue weighted by Gasteiger charge is -2.20. The lowest BCUT2D eigenvalue weighted by atomic mass is 10.0. The number of amides is 2. The first-order chi connectivity index (χ1) is 18.0. The second-order valence-corrected chi connectivity index (χ2v) is 11.6. The van der Waals surface area contributed by atoms with Crippen LogP contribution < -0.4 is 20.1 Å². The predicted octanol–water partition coefficient (Wildman–Crippen LogP) is 5.26. The number of para-hydroxylation sites is 3. The molecule has 0 aromatic heterocycles. The van der Waals surface area contributed by atoms with Crippen molar-refractivity contribution >= 4 is 33.4 Å². The van der Waals surface area contributed by atoms with Crippen molar-refractivity contribution in [2.45, 2.75) is 50.2 Å². The Bertz CT molecular complexity index is 1460. The number of hydrogen-bond acceptors (Lipinski definition) is 6. The molecular formula is C28H31N3O6S. The van der Waals surface area contributed by atoms with Crippen molar-refractivity contribution in [2.24, 2.45) is 0 Å². The molecule has 1 atom stereocenters. The molecule has 2 amide bonds. The van der Waals surface area contributed by atoms with E-state index >= 15 is 0 Å². The molecule has 0 saturated carbocycles. The van der Waals surface area contributed by atoms with Gasteiger partial charge in [-0.2, -0.15) is 0 Å². The highest BCUT2D eigenvalue weighted by atomic mass is 32.2. The van der Waals surface area contributed by atoms with Crippen molar-refractivity contribution in [3.63, 3.8) is 0 Å². The van der Waals surface area contributed by atoms with Crippen molar-refractivity contribution in [3.05, 3.63) is 83.4 Å². The van der Waals surface area contributed by atoms with E-state index in [4.69, 9.17) is 9.47 Å². The second-order valence-electron chi connectivity index (χ2n) is 9.90. The van der Waals surface area contributed by atoms with Crippen LogP contribution in [-0.4, -0.2) is 33.1 Å². The molecule has 1 unspecified atom stereocenters. The molecule has 1 aliphatic rings. The van der Waals surface area contributed by atoms with Crippen LogP contribution in [0.1, 0.15) is 54.7 Å². The zero-order valence-electron chi connectivity index (χ0n) is 21.7. The van der Waals surface area contributed by atoms with E-state index in [0.29, 0.717) is 29.8 Å². The van der Waals surface area contributed by atoms with Gasteiger partial charge in [0.05, 0.1) is 18.5 Å². The first kappa shape index (κ1) is 27.2. The first-order valence-corrected chi connectivity index (χ1v) is 13.6. The normalized spacial score (nSPS) is 14.9. The van der Waals surface area contributed by atoms with Gasteiger partial charge < -0.3 is 14.8 Å². The van der Waals surface area contributed by atoms with Gasteiger partial charge in [0, 0.05) is 11.6 Å². The fourth-order valence-electron chi connectivity index (χ4n) is 4.28. The van der Waals surface area contributed by atoms with E-state index in [2.05, 4.69) is 15.4 Å². The third kappa shape index (κ3) is 6.32. The van der Waals surface area contributed by atoms with Crippen LogP contribution in [0.4, 0.5) is 16.2 Å². The predicted molar refractivity (Wildman–Crippen MR) is 145 cm³/mol. The van der Waals surface area contributed by atoms with Crippen LogP contribution in [0.2, 0.25) is 0 Å². The monoisotopic (exact) mass is 537 g/mol. The number of methoxy groups -OCH3 is 1. The molecule has 0 heterocycles. The quantitative estimate of drug-likeness (QED) is 0.378. The lowest BCUT2D eigenvalue weighted by Crippen LogP contribution is -2.28. The van der Waals surface area contributed by atoms with Gasteiger partial charge in [-0.1, -0.05) is 30.3 Å². The molecule has 38 heavy (non-hydrogen) atoms. The maximum atomic E-state index is 13.1. The maximum Gasteiger partial charge on any atom is 0.412 e. The van der Waals surface area contributed by atoms with E-state index in [1.54, 1.807) is 81.4 Å². The van der Waals surface area contributed by atoms with Crippen LogP contribution in [-0.2, 0) is 21.2 Å². The van der Waals surface area contributed by atoms with Crippen LogP contribution in [0.25, 0.3) is 0 Å². The molecule has 0 bridgehead atoms. The van der Waals surface area contributed by atoms with Gasteiger partial charge >= 0.3 is 6.09 Å². The van der Waals surface area contributed by atoms with Gasteiger partial charge in [0.25, 0.3) is 5.91 Å². The minimum atomic E-state index is -3.82. The fraction of sp³-hybridized carbons (Fsp3) is 0.286. The van der Waals surface area contributed by atoms with Crippen LogP contribution in [0.5, 0.6) is 5.75 Å². The number of ether oxygens (including phenoxy) is 2. The number of sulfonamides is 1. The lowest BCUT2D eigenvalue weighted by molar-refractivity contribution is 0.0635. The summed E-state index contributed by atoms with van der Waals surface area (Å²) in [6, 6.07) is 18.1. The number of carbonyl (C=O) groups is 2. The van der Waals surface area contributed by atoms with Gasteiger partial charge in [0.15, 0.2) is 0 Å². The van der Waals surface area contributed by atoms with E-state index < -0.39 is 27.8 Å². The van der Waals surface area contributed by atoms with Crippen molar-refractivity contribution in [1.82, 2.24) is 4.72 Å². The fourth-order valence-corrected chi connectivity index (χ4v) is 5.70. The molecule has 200 valence electrons. The summed E-state index contributed by atoms with van der Waals surface area (Å²) in [4.78, 5) is 25.4. The smallest absolute Gasteiger partial charge is 0.412 e. The van der Waals surface area contributed by atoms with E-state index in [1.165, 1.54) is 13.2 Å². The summed E-state index contributed by atoms with van der Waals surface area (Å²) in [6.45, 7) is 5.30. The highest BCUT2D eigenvalue weighted by Crippen LogP contribution is 2.34. The highest BCUT2D eigenvalue weighted by Gasteiger charge is 2.29. The molecule has 3 aromatic carbocycles. The Morgan fingerprint density at radius 3 is 2.26 bits per heavy atom. The molecule has 0 saturated heterocycles. The number of carbonyl (C=O) groups excluding carboxylic acids is 2. The van der Waals surface area contributed by atoms with Crippen LogP contribution in [0, 0.1) is 0 Å². The topological polar surface area (TPSA) is 123 Å². The van der Waals surface area contributed by atoms with Crippen molar-refractivity contribution < 1.29 is 27.5 Å². The Morgan fingerprint density at radius 1 is 0.921 bits per heavy atom. The van der Waals surface area contributed by atoms with E-state index in [-0.39, 0.29) is 16.6 Å². The minimum Gasteiger partial charge on any atom is -0.495 e. The van der Waals surface area contributed by atoms with Crippen molar-refractivity contribution in [2.75, 3.05) is 17.7 Å². The molecule has 0 fully saturated rings. The summed E-state index contributed by atoms with van der Waals surface area (Å²) < 4.78 is 39.4. The summed E-state index contributed by atoms with van der Waals surface area (Å²) in [5, 5.41) is 5.50. The Labute approximate surface area is 222 Å². The molecule has 10 heteroatoms. The van der Waals surface area contributed by atoms with Gasteiger partial charge in [0.2, 0.25) is 10.0 Å². The first-order valence-electron chi connectivity index (χ1n) is 12.2. The Morgan fingerprint density at radius 2 is 1.58 bits per heavy atom. The van der Waals surface area contributed by atoms with Crippen LogP contribution >= 0.6 is 0 Å². The summed E-state index contributed by atoms with van der Waals surface area (Å²) in [7, 11) is -2.39. The zero-order valence-corrected chi connectivity index (χ0v) is 22.5. The summed E-state index contributed by atoms with van der Waals surface area (Å²) in [5.41, 5.74) is 2.31. The average molecular weight is 538 g/mol. The molecule has 9 nitrogen and oxygen atoms in total. The molecular weight excluding hydrogens is 506 g/mol. The van der Waals surface area contributed by atoms with Crippen LogP contribution in [0.15, 0.2) is 71.6 Å². The Hall–Kier alpha value is -3.89. The Kier molecular flexibility index (Phi) is 7.75. The SMILES string of the molecule is COc1ccccc1S(=O)(=O)NC1CCc2cc(C(=O)Nc3ccccc3NC(=O)OC(C)(C)C)ccc21. The molecule has 0 aliphatic heterocycles. The average Bonchev–Trinajstić information content (AvgIpc) is 3.25. The van der Waals surface area contributed by atoms with Gasteiger partial charge in [-0.05, 0) is 81.1 Å². The molecule has 0 radical (unpaired) electrons. The van der Waals surface area contributed by atoms with E-state index in [9.17, 15) is 18.0 Å². The standard InChI is InChI=1S/C28H31N3O6S/c1-28(2,3)37-27(33)30-23-10-6-5-9-22(23)29-26(32)19-13-15-20-18(17-19)14-16-21(20)31-38(34,35)25-12-8-7-11-24(25)36-4/h5-13,15,17,21,31H,14,16H2,1-4H3,(H,29,32)(H,30,33). The van der Waals surface area contributed by atoms with Crippen molar-refractivity contribution in [3.8, 4) is 5.75 Å². The molecule has 0 spiro atoms. The molecule has 4 rings (SSSR count). The Balaban J connectivity index is 1.48. The van der Waals surface area contributed by atoms with Gasteiger partial charge in [-0.25, -0.2) is 17.9 Å². The van der Waals surface area contributed by atoms with Crippen molar-refractivity contribution in [1.29, 1.82) is 0 Å². The van der Waals surface area contributed by atoms with Gasteiger partial charge in [-0.15, -0.1) is 0 Å². The number of fused-ring (bicyclic) bond motifs is 1. The molecule has 3 aromatic rings. The van der Waals surface area contributed by atoms with Gasteiger partial charge in [0.1, 0.15) is 16.2 Å². The number of rotatable bonds is 7. The van der Waals surface area contributed by atoms with Crippen LogP contribution in [0.3, 0.4) is 0 Å². The molecule has 3 N–H and O–H groups in total. The second kappa shape index (κ2) is 10.8. The summed E-state index contributed by atoms with van der Waals surface area (Å²) in [5.74, 6) is -0.0871. The third-order valence-electron chi connectivity index (χ3n) is 5.95. The zero-order chi connectivity index (χ0) is 27.5. The number of hydrogen-bond donors (Lipinski definition) is 3. The summed E-state index contributed by atoms with van der Waals surface area (Å²) in [6.07, 6.45) is 0.558. The van der Waals surface area contributed by atoms with E-state index in [1.807, 2.05) is 0 Å². The molecule has 1 aliphatic carbocycles. The number of aryl methyl sites for hydroxylation is 1. The number of anilines is 2. The number of nitrogens with one attached hydrogen (secondary N) is 3.